The van der Waals surface area contributed by atoms with Gasteiger partial charge >= 0.3 is 0 Å². The van der Waals surface area contributed by atoms with Crippen LogP contribution >= 0.6 is 31.9 Å². The average molecular weight is 482 g/mol. The Morgan fingerprint density at radius 2 is 1.23 bits per heavy atom. The molecular formula is C22H30Br2N2. The van der Waals surface area contributed by atoms with E-state index in [2.05, 4.69) is 120 Å². The smallest absolute Gasteiger partial charge is 0.0199 e. The highest BCUT2D eigenvalue weighted by Gasteiger charge is 2.39. The summed E-state index contributed by atoms with van der Waals surface area (Å²) >= 11 is 7.27. The van der Waals surface area contributed by atoms with Crippen LogP contribution in [-0.4, -0.2) is 51.1 Å². The standard InChI is InChI=1S/C18H19Br2N.C4H11N/c1-18(8-9-21(2)3)16-10-12(19)4-6-14(16)15-7-5-13(20)11-17(15)18;1-4-5(2)3/h4-7,10-11H,8-9H2,1-3H3;4H2,1-3H3. The Kier molecular flexibility index (Phi) is 7.49. The van der Waals surface area contributed by atoms with Crippen molar-refractivity contribution in [1.82, 2.24) is 9.80 Å². The van der Waals surface area contributed by atoms with Crippen molar-refractivity contribution < 1.29 is 0 Å². The van der Waals surface area contributed by atoms with Gasteiger partial charge in [0.1, 0.15) is 0 Å². The fourth-order valence-electron chi connectivity index (χ4n) is 3.28. The molecule has 0 aliphatic heterocycles. The van der Waals surface area contributed by atoms with Crippen LogP contribution in [0.5, 0.6) is 0 Å². The van der Waals surface area contributed by atoms with Gasteiger partial charge in [-0.2, -0.15) is 0 Å². The van der Waals surface area contributed by atoms with Crippen molar-refractivity contribution in [1.29, 1.82) is 0 Å². The Morgan fingerprint density at radius 3 is 1.58 bits per heavy atom. The van der Waals surface area contributed by atoms with Crippen LogP contribution in [0.25, 0.3) is 11.1 Å². The number of hydrogen-bond acceptors (Lipinski definition) is 2. The maximum atomic E-state index is 3.64. The lowest BCUT2D eigenvalue weighted by atomic mass is 9.77. The molecule has 1 aliphatic rings. The van der Waals surface area contributed by atoms with Gasteiger partial charge in [0, 0.05) is 14.4 Å². The highest BCUT2D eigenvalue weighted by molar-refractivity contribution is 9.10. The molecule has 0 bridgehead atoms. The van der Waals surface area contributed by atoms with E-state index in [4.69, 9.17) is 0 Å². The highest BCUT2D eigenvalue weighted by atomic mass is 79.9. The van der Waals surface area contributed by atoms with Crippen LogP contribution in [0.15, 0.2) is 45.3 Å². The predicted octanol–water partition coefficient (Wildman–Crippen LogP) is 6.02. The van der Waals surface area contributed by atoms with Crippen molar-refractivity contribution in [2.24, 2.45) is 0 Å². The Hall–Kier alpha value is -0.680. The van der Waals surface area contributed by atoms with Crippen LogP contribution in [-0.2, 0) is 5.41 Å². The molecule has 2 aromatic rings. The number of halogens is 2. The molecule has 0 aromatic heterocycles. The van der Waals surface area contributed by atoms with E-state index in [0.717, 1.165) is 28.5 Å². The monoisotopic (exact) mass is 480 g/mol. The molecule has 0 amide bonds. The summed E-state index contributed by atoms with van der Waals surface area (Å²) in [5, 5.41) is 0. The first-order chi connectivity index (χ1) is 12.2. The van der Waals surface area contributed by atoms with Gasteiger partial charge in [-0.1, -0.05) is 57.8 Å². The van der Waals surface area contributed by atoms with Crippen LogP contribution < -0.4 is 0 Å². The quantitative estimate of drug-likeness (QED) is 0.526. The lowest BCUT2D eigenvalue weighted by Gasteiger charge is -2.29. The summed E-state index contributed by atoms with van der Waals surface area (Å²) in [6, 6.07) is 13.3. The molecule has 142 valence electrons. The molecular weight excluding hydrogens is 452 g/mol. The number of rotatable bonds is 4. The third-order valence-electron chi connectivity index (χ3n) is 5.13. The molecule has 0 fully saturated rings. The molecule has 0 saturated heterocycles. The Bertz CT molecular complexity index is 702. The number of fused-ring (bicyclic) bond motifs is 3. The van der Waals surface area contributed by atoms with Crippen molar-refractivity contribution in [3.05, 3.63) is 56.5 Å². The maximum absolute atomic E-state index is 3.64. The molecule has 0 N–H and O–H groups in total. The Morgan fingerprint density at radius 1 is 0.808 bits per heavy atom. The van der Waals surface area contributed by atoms with E-state index < -0.39 is 0 Å². The van der Waals surface area contributed by atoms with E-state index in [-0.39, 0.29) is 5.41 Å². The van der Waals surface area contributed by atoms with Crippen LogP contribution in [0.2, 0.25) is 0 Å². The normalized spacial score (nSPS) is 14.1. The molecule has 4 heteroatoms. The number of nitrogens with zero attached hydrogens (tertiary/aromatic N) is 2. The first-order valence-electron chi connectivity index (χ1n) is 9.09. The van der Waals surface area contributed by atoms with E-state index >= 15 is 0 Å². The second-order valence-electron chi connectivity index (χ2n) is 7.66. The molecule has 2 aromatic carbocycles. The van der Waals surface area contributed by atoms with Gasteiger partial charge in [0.05, 0.1) is 0 Å². The topological polar surface area (TPSA) is 6.48 Å². The minimum absolute atomic E-state index is 0.0719. The molecule has 0 atom stereocenters. The highest BCUT2D eigenvalue weighted by Crippen LogP contribution is 2.51. The van der Waals surface area contributed by atoms with Gasteiger partial charge in [-0.25, -0.2) is 0 Å². The second-order valence-corrected chi connectivity index (χ2v) is 9.49. The molecule has 0 radical (unpaired) electrons. The van der Waals surface area contributed by atoms with Crippen molar-refractivity contribution in [2.45, 2.75) is 25.7 Å². The number of hydrogen-bond donors (Lipinski definition) is 0. The molecule has 2 nitrogen and oxygen atoms in total. The lowest BCUT2D eigenvalue weighted by Crippen LogP contribution is -2.27. The van der Waals surface area contributed by atoms with Gasteiger partial charge in [-0.3, -0.25) is 0 Å². The Labute approximate surface area is 175 Å². The summed E-state index contributed by atoms with van der Waals surface area (Å²) in [5.41, 5.74) is 5.70. The van der Waals surface area contributed by atoms with Crippen molar-refractivity contribution in [2.75, 3.05) is 41.3 Å². The summed E-state index contributed by atoms with van der Waals surface area (Å²) < 4.78 is 2.31. The summed E-state index contributed by atoms with van der Waals surface area (Å²) in [5.74, 6) is 0. The van der Waals surface area contributed by atoms with Gasteiger partial charge in [0.2, 0.25) is 0 Å². The first kappa shape index (κ1) is 21.6. The fourth-order valence-corrected chi connectivity index (χ4v) is 4.00. The van der Waals surface area contributed by atoms with Gasteiger partial charge in [-0.05, 0) is 94.2 Å². The molecule has 0 spiro atoms. The molecule has 26 heavy (non-hydrogen) atoms. The average Bonchev–Trinajstić information content (AvgIpc) is 2.82. The van der Waals surface area contributed by atoms with Gasteiger partial charge < -0.3 is 9.80 Å². The molecule has 1 aliphatic carbocycles. The zero-order chi connectivity index (χ0) is 19.5. The molecule has 3 rings (SSSR count). The molecule has 0 heterocycles. The van der Waals surface area contributed by atoms with Crippen LogP contribution in [0, 0.1) is 0 Å². The SMILES string of the molecule is CCN(C)C.CN(C)CCC1(C)c2cc(Br)ccc2-c2ccc(Br)cc21. The maximum Gasteiger partial charge on any atom is 0.0199 e. The van der Waals surface area contributed by atoms with E-state index in [1.54, 1.807) is 0 Å². The van der Waals surface area contributed by atoms with E-state index in [9.17, 15) is 0 Å². The van der Waals surface area contributed by atoms with Crippen molar-refractivity contribution >= 4 is 31.9 Å². The van der Waals surface area contributed by atoms with Gasteiger partial charge in [-0.15, -0.1) is 0 Å². The first-order valence-corrected chi connectivity index (χ1v) is 10.7. The van der Waals surface area contributed by atoms with Crippen LogP contribution in [0.4, 0.5) is 0 Å². The van der Waals surface area contributed by atoms with E-state index in [1.807, 2.05) is 0 Å². The zero-order valence-corrected chi connectivity index (χ0v) is 19.9. The van der Waals surface area contributed by atoms with E-state index in [1.165, 1.54) is 22.3 Å². The minimum Gasteiger partial charge on any atom is -0.310 e. The summed E-state index contributed by atoms with van der Waals surface area (Å²) in [6.07, 6.45) is 1.12. The molecule has 0 unspecified atom stereocenters. The summed E-state index contributed by atoms with van der Waals surface area (Å²) in [4.78, 5) is 4.39. The zero-order valence-electron chi connectivity index (χ0n) is 16.7. The second kappa shape index (κ2) is 9.01. The van der Waals surface area contributed by atoms with Gasteiger partial charge in [0.25, 0.3) is 0 Å². The van der Waals surface area contributed by atoms with Crippen LogP contribution in [0.3, 0.4) is 0 Å². The number of benzene rings is 2. The third kappa shape index (κ3) is 4.78. The fraction of sp³-hybridized carbons (Fsp3) is 0.455. The van der Waals surface area contributed by atoms with Crippen LogP contribution in [0.1, 0.15) is 31.4 Å². The third-order valence-corrected chi connectivity index (χ3v) is 6.12. The lowest BCUT2D eigenvalue weighted by molar-refractivity contribution is 0.358. The van der Waals surface area contributed by atoms with Crippen molar-refractivity contribution in [3.8, 4) is 11.1 Å². The predicted molar refractivity (Wildman–Crippen MR) is 121 cm³/mol. The van der Waals surface area contributed by atoms with Crippen molar-refractivity contribution in [3.63, 3.8) is 0 Å². The largest absolute Gasteiger partial charge is 0.310 e. The van der Waals surface area contributed by atoms with E-state index in [0.29, 0.717) is 0 Å². The summed E-state index contributed by atoms with van der Waals surface area (Å²) in [6.45, 7) is 6.72. The Balaban J connectivity index is 0.000000431. The summed E-state index contributed by atoms with van der Waals surface area (Å²) in [7, 11) is 8.39. The van der Waals surface area contributed by atoms with Gasteiger partial charge in [0.15, 0.2) is 0 Å². The minimum atomic E-state index is 0.0719. The molecule has 0 saturated carbocycles.